The lowest BCUT2D eigenvalue weighted by molar-refractivity contribution is -0.436. The van der Waals surface area contributed by atoms with E-state index in [1.165, 1.54) is 40.2 Å². The summed E-state index contributed by atoms with van der Waals surface area (Å²) in [6, 6.07) is 22.2. The van der Waals surface area contributed by atoms with Crippen LogP contribution >= 0.6 is 0 Å². The number of anilines is 1. The van der Waals surface area contributed by atoms with E-state index in [4.69, 9.17) is 0 Å². The summed E-state index contributed by atoms with van der Waals surface area (Å²) in [5.41, 5.74) is 6.24. The summed E-state index contributed by atoms with van der Waals surface area (Å²) in [4.78, 5) is 65.4. The Labute approximate surface area is 358 Å². The average molecular weight is 828 g/mol. The molecule has 4 amide bonds. The van der Waals surface area contributed by atoms with Crippen LogP contribution in [-0.2, 0) is 34.8 Å². The highest BCUT2D eigenvalue weighted by atomic mass is 16.4. The molecule has 3 atom stereocenters. The van der Waals surface area contributed by atoms with Crippen molar-refractivity contribution in [3.8, 4) is 0 Å². The zero-order chi connectivity index (χ0) is 44.2. The first-order valence-electron chi connectivity index (χ1n) is 21.2. The Bertz CT molecular complexity index is 2480. The number of nitrogens with one attached hydrogen (secondary N) is 4. The van der Waals surface area contributed by atoms with Crippen LogP contribution in [0.25, 0.3) is 21.5 Å². The van der Waals surface area contributed by atoms with Crippen molar-refractivity contribution >= 4 is 68.2 Å². The van der Waals surface area contributed by atoms with E-state index in [1.807, 2.05) is 12.1 Å². The third kappa shape index (κ3) is 9.08. The molecule has 0 fully saturated rings. The predicted molar refractivity (Wildman–Crippen MR) is 241 cm³/mol. The van der Waals surface area contributed by atoms with Crippen LogP contribution in [0.3, 0.4) is 0 Å². The molecule has 12 heteroatoms. The topological polar surface area (TPSA) is 160 Å². The average Bonchev–Trinajstić information content (AvgIpc) is 3.57. The first-order valence-corrected chi connectivity index (χ1v) is 21.2. The molecule has 4 aromatic carbocycles. The molecule has 0 unspecified atom stereocenters. The molecule has 320 valence electrons. The van der Waals surface area contributed by atoms with Crippen molar-refractivity contribution in [3.05, 3.63) is 108 Å². The van der Waals surface area contributed by atoms with Gasteiger partial charge in [-0.1, -0.05) is 81.4 Å². The van der Waals surface area contributed by atoms with Crippen molar-refractivity contribution in [1.29, 1.82) is 0 Å². The van der Waals surface area contributed by atoms with Crippen LogP contribution in [0, 0.1) is 0 Å². The molecule has 12 nitrogen and oxygen atoms in total. The molecular weight excluding hydrogens is 769 g/mol. The summed E-state index contributed by atoms with van der Waals surface area (Å²) in [7, 11) is 2.12. The Kier molecular flexibility index (Phi) is 13.2. The second-order valence-electron chi connectivity index (χ2n) is 17.1. The molecule has 4 aromatic rings. The standard InChI is InChI=1S/C49H58N6O6/c1-9-41(56)50-28-15-20-36(46(59)52-31(3)47(60)61)53-45(58)30(2)51-42(57)27-29-55-38-26-24-33-17-11-13-19-35(33)44(38)49(6,7)40(55)22-14-21-39-48(4,5)43-34-18-12-10-16-32(34)23-25-37(43)54(39)8/h10-14,16-19,21-26,30-31,36H,9,15,20,27-29H2,1-8H3,(H4-,50,51,52,53,56,57,58,59,60,61)/p+1/t30-,31-,36-/m0/s1. The lowest BCUT2D eigenvalue weighted by atomic mass is 9.79. The zero-order valence-corrected chi connectivity index (χ0v) is 36.5. The number of carbonyl (C=O) groups excluding carboxylic acids is 4. The van der Waals surface area contributed by atoms with Crippen LogP contribution in [-0.4, -0.2) is 83.3 Å². The molecule has 5 N–H and O–H groups in total. The smallest absolute Gasteiger partial charge is 0.325 e. The Morgan fingerprint density at radius 2 is 1.41 bits per heavy atom. The van der Waals surface area contributed by atoms with Crippen LogP contribution in [0.15, 0.2) is 96.7 Å². The number of amides is 4. The fraction of sp³-hybridized carbons (Fsp3) is 0.388. The van der Waals surface area contributed by atoms with Gasteiger partial charge < -0.3 is 31.3 Å². The Morgan fingerprint density at radius 1 is 0.770 bits per heavy atom. The highest BCUT2D eigenvalue weighted by Crippen LogP contribution is 2.50. The highest BCUT2D eigenvalue weighted by Gasteiger charge is 2.46. The van der Waals surface area contributed by atoms with Crippen molar-refractivity contribution in [1.82, 2.24) is 21.3 Å². The third-order valence-electron chi connectivity index (χ3n) is 12.2. The minimum atomic E-state index is -1.22. The second kappa shape index (κ2) is 18.1. The van der Waals surface area contributed by atoms with E-state index >= 15 is 0 Å². The molecule has 0 radical (unpaired) electrons. The molecule has 6 rings (SSSR count). The molecule has 2 aliphatic heterocycles. The van der Waals surface area contributed by atoms with Gasteiger partial charge in [-0.15, -0.1) is 0 Å². The summed E-state index contributed by atoms with van der Waals surface area (Å²) in [6.45, 7) is 14.2. The maximum atomic E-state index is 13.6. The fourth-order valence-electron chi connectivity index (χ4n) is 8.89. The Balaban J connectivity index is 1.22. The summed E-state index contributed by atoms with van der Waals surface area (Å²) in [5, 5.41) is 24.7. The van der Waals surface area contributed by atoms with Gasteiger partial charge in [-0.05, 0) is 85.9 Å². The zero-order valence-electron chi connectivity index (χ0n) is 36.5. The monoisotopic (exact) mass is 827 g/mol. The Hall–Kier alpha value is -6.30. The molecule has 0 saturated carbocycles. The molecule has 0 bridgehead atoms. The van der Waals surface area contributed by atoms with Crippen molar-refractivity contribution < 1.29 is 33.7 Å². The van der Waals surface area contributed by atoms with Crippen LogP contribution < -0.4 is 26.2 Å². The van der Waals surface area contributed by atoms with Crippen molar-refractivity contribution in [2.75, 3.05) is 25.0 Å². The lowest BCUT2D eigenvalue weighted by Gasteiger charge is -2.24. The first-order chi connectivity index (χ1) is 29.0. The number of allylic oxidation sites excluding steroid dienone is 4. The molecule has 2 aliphatic rings. The maximum Gasteiger partial charge on any atom is 0.325 e. The molecule has 61 heavy (non-hydrogen) atoms. The largest absolute Gasteiger partial charge is 0.480 e. The van der Waals surface area contributed by atoms with Gasteiger partial charge in [-0.3, -0.25) is 24.0 Å². The number of hydrogen-bond donors (Lipinski definition) is 5. The van der Waals surface area contributed by atoms with Gasteiger partial charge in [0.2, 0.25) is 29.3 Å². The molecular formula is C49H59N6O6+. The van der Waals surface area contributed by atoms with Crippen LogP contribution in [0.4, 0.5) is 11.4 Å². The number of benzene rings is 4. The molecule has 0 aliphatic carbocycles. The second-order valence-corrected chi connectivity index (χ2v) is 17.1. The molecule has 0 spiro atoms. The normalized spacial score (nSPS) is 17.2. The number of fused-ring (bicyclic) bond motifs is 6. The van der Waals surface area contributed by atoms with Crippen molar-refractivity contribution in [2.45, 2.75) is 103 Å². The minimum Gasteiger partial charge on any atom is -0.480 e. The predicted octanol–water partition coefficient (Wildman–Crippen LogP) is 6.51. The number of carboxylic acids is 1. The first kappa shape index (κ1) is 44.3. The lowest BCUT2D eigenvalue weighted by Crippen LogP contribution is -2.54. The third-order valence-corrected chi connectivity index (χ3v) is 12.2. The van der Waals surface area contributed by atoms with Crippen molar-refractivity contribution in [2.24, 2.45) is 0 Å². The van der Waals surface area contributed by atoms with E-state index < -0.39 is 41.3 Å². The minimum absolute atomic E-state index is 0.0771. The number of rotatable bonds is 16. The van der Waals surface area contributed by atoms with E-state index in [0.717, 1.165) is 22.2 Å². The van der Waals surface area contributed by atoms with Crippen LogP contribution in [0.1, 0.15) is 85.3 Å². The number of nitrogens with zero attached hydrogens (tertiary/aromatic N) is 2. The molecule has 0 saturated heterocycles. The van der Waals surface area contributed by atoms with E-state index in [0.29, 0.717) is 19.4 Å². The molecule has 0 aromatic heterocycles. The fourth-order valence-corrected chi connectivity index (χ4v) is 8.89. The van der Waals surface area contributed by atoms with Gasteiger partial charge in [-0.2, -0.15) is 4.58 Å². The van der Waals surface area contributed by atoms with Crippen LogP contribution in [0.2, 0.25) is 0 Å². The highest BCUT2D eigenvalue weighted by molar-refractivity contribution is 6.08. The van der Waals surface area contributed by atoms with Gasteiger partial charge in [0.1, 0.15) is 18.1 Å². The Morgan fingerprint density at radius 3 is 2.07 bits per heavy atom. The number of aliphatic carboxylic acids is 1. The van der Waals surface area contributed by atoms with Gasteiger partial charge in [-0.25, -0.2) is 0 Å². The van der Waals surface area contributed by atoms with E-state index in [1.54, 1.807) is 13.8 Å². The maximum absolute atomic E-state index is 13.6. The van der Waals surface area contributed by atoms with E-state index in [2.05, 4.69) is 144 Å². The SMILES string of the molecule is CCC(=O)NCCC[C@H](NC(=O)[C@H](C)NC(=O)CC[N+]1=C(/C=C/C=C2/N(C)c3ccc4ccccc4c3C2(C)C)C(C)(C)c2c1ccc1ccccc21)C(=O)N[C@@H](C)C(=O)O. The summed E-state index contributed by atoms with van der Waals surface area (Å²) in [6.07, 6.45) is 7.37. The van der Waals surface area contributed by atoms with Gasteiger partial charge >= 0.3 is 5.97 Å². The summed E-state index contributed by atoms with van der Waals surface area (Å²) >= 11 is 0. The summed E-state index contributed by atoms with van der Waals surface area (Å²) in [5.74, 6) is -2.97. The number of hydrogen-bond acceptors (Lipinski definition) is 6. The molecule has 2 heterocycles. The van der Waals surface area contributed by atoms with Crippen LogP contribution in [0.5, 0.6) is 0 Å². The number of carboxylic acid groups (broad SMARTS) is 1. The van der Waals surface area contributed by atoms with Crippen molar-refractivity contribution in [3.63, 3.8) is 0 Å². The van der Waals surface area contributed by atoms with Gasteiger partial charge in [0.25, 0.3) is 0 Å². The van der Waals surface area contributed by atoms with E-state index in [-0.39, 0.29) is 36.6 Å². The summed E-state index contributed by atoms with van der Waals surface area (Å²) < 4.78 is 2.20. The van der Waals surface area contributed by atoms with E-state index in [9.17, 15) is 29.1 Å². The van der Waals surface area contributed by atoms with Gasteiger partial charge in [0, 0.05) is 54.5 Å². The number of likely N-dealkylation sites (N-methyl/N-ethyl adjacent to an activating group) is 1. The van der Waals surface area contributed by atoms with Gasteiger partial charge in [0.05, 0.1) is 11.8 Å². The quantitative estimate of drug-likeness (QED) is 0.0636. The number of carbonyl (C=O) groups is 5. The van der Waals surface area contributed by atoms with Gasteiger partial charge in [0.15, 0.2) is 12.3 Å².